The van der Waals surface area contributed by atoms with Crippen LogP contribution >= 0.6 is 15.9 Å². The first-order chi connectivity index (χ1) is 9.69. The average molecular weight is 331 g/mol. The van der Waals surface area contributed by atoms with Crippen molar-refractivity contribution in [2.75, 3.05) is 11.9 Å². The largest absolute Gasteiger partial charge is 0.479 e. The van der Waals surface area contributed by atoms with E-state index in [1.54, 1.807) is 0 Å². The number of nitrogens with zero attached hydrogens (tertiary/aromatic N) is 1. The number of ether oxygens (including phenoxy) is 1. The highest BCUT2D eigenvalue weighted by atomic mass is 79.9. The number of benzene rings is 2. The van der Waals surface area contributed by atoms with E-state index in [9.17, 15) is 0 Å². The molecule has 0 aliphatic carbocycles. The van der Waals surface area contributed by atoms with Crippen LogP contribution in [-0.2, 0) is 6.54 Å². The molecule has 2 aromatic carbocycles. The summed E-state index contributed by atoms with van der Waals surface area (Å²) in [5, 5.41) is 11.8. The number of anilines is 1. The number of rotatable bonds is 5. The van der Waals surface area contributed by atoms with E-state index in [0.29, 0.717) is 0 Å². The monoisotopic (exact) mass is 330 g/mol. The molecule has 0 aliphatic rings. The van der Waals surface area contributed by atoms with E-state index >= 15 is 0 Å². The van der Waals surface area contributed by atoms with Gasteiger partial charge in [0.05, 0.1) is 0 Å². The van der Waals surface area contributed by atoms with Gasteiger partial charge in [0, 0.05) is 16.7 Å². The van der Waals surface area contributed by atoms with Crippen LogP contribution in [0.4, 0.5) is 5.69 Å². The summed E-state index contributed by atoms with van der Waals surface area (Å²) in [7, 11) is 0. The van der Waals surface area contributed by atoms with Gasteiger partial charge in [-0.25, -0.2) is 0 Å². The van der Waals surface area contributed by atoms with Gasteiger partial charge in [-0.1, -0.05) is 28.1 Å². The molecule has 4 heteroatoms. The number of hydrogen-bond donors (Lipinski definition) is 1. The Kier molecular flexibility index (Phi) is 5.03. The Morgan fingerprint density at radius 3 is 2.60 bits per heavy atom. The predicted molar refractivity (Wildman–Crippen MR) is 83.8 cm³/mol. The molecule has 1 N–H and O–H groups in total. The lowest BCUT2D eigenvalue weighted by atomic mass is 10.2. The van der Waals surface area contributed by atoms with Gasteiger partial charge in [0.2, 0.25) is 0 Å². The third-order valence-electron chi connectivity index (χ3n) is 2.88. The minimum absolute atomic E-state index is 0.0791. The number of nitrogens with one attached hydrogen (secondary N) is 1. The van der Waals surface area contributed by atoms with Gasteiger partial charge in [-0.3, -0.25) is 0 Å². The maximum Gasteiger partial charge on any atom is 0.174 e. The first-order valence-corrected chi connectivity index (χ1v) is 7.07. The zero-order valence-electron chi connectivity index (χ0n) is 11.2. The second-order valence-corrected chi connectivity index (χ2v) is 5.26. The molecule has 0 saturated heterocycles. The van der Waals surface area contributed by atoms with E-state index in [4.69, 9.17) is 10.00 Å². The van der Waals surface area contributed by atoms with Crippen LogP contribution in [0.3, 0.4) is 0 Å². The van der Waals surface area contributed by atoms with Gasteiger partial charge >= 0.3 is 0 Å². The van der Waals surface area contributed by atoms with Crippen molar-refractivity contribution in [1.29, 1.82) is 5.26 Å². The lowest BCUT2D eigenvalue weighted by Gasteiger charge is -2.09. The highest BCUT2D eigenvalue weighted by molar-refractivity contribution is 9.10. The molecule has 0 heterocycles. The molecule has 0 spiro atoms. The van der Waals surface area contributed by atoms with Gasteiger partial charge in [0.1, 0.15) is 11.8 Å². The van der Waals surface area contributed by atoms with Crippen LogP contribution in [0.15, 0.2) is 46.9 Å². The molecular weight excluding hydrogens is 316 g/mol. The average Bonchev–Trinajstić information content (AvgIpc) is 2.47. The maximum atomic E-state index is 8.45. The zero-order valence-corrected chi connectivity index (χ0v) is 12.8. The summed E-state index contributed by atoms with van der Waals surface area (Å²) in [6.07, 6.45) is 0. The number of hydrogen-bond acceptors (Lipinski definition) is 3. The van der Waals surface area contributed by atoms with Crippen molar-refractivity contribution in [3.05, 3.63) is 58.1 Å². The summed E-state index contributed by atoms with van der Waals surface area (Å²) in [6, 6.07) is 15.9. The third kappa shape index (κ3) is 4.01. The molecular formula is C16H15BrN2O. The summed E-state index contributed by atoms with van der Waals surface area (Å²) in [4.78, 5) is 0. The Bertz CT molecular complexity index is 617. The van der Waals surface area contributed by atoms with E-state index in [1.807, 2.05) is 42.5 Å². The zero-order chi connectivity index (χ0) is 14.4. The molecule has 0 unspecified atom stereocenters. The molecule has 2 rings (SSSR count). The molecule has 0 fully saturated rings. The van der Waals surface area contributed by atoms with Crippen LogP contribution in [0.25, 0.3) is 0 Å². The molecule has 0 amide bonds. The highest BCUT2D eigenvalue weighted by Crippen LogP contribution is 2.20. The summed E-state index contributed by atoms with van der Waals surface area (Å²) in [5.41, 5.74) is 3.46. The van der Waals surface area contributed by atoms with Crippen LogP contribution in [0, 0.1) is 18.3 Å². The lowest BCUT2D eigenvalue weighted by molar-refractivity contribution is 0.368. The van der Waals surface area contributed by atoms with Crippen molar-refractivity contribution in [2.45, 2.75) is 13.5 Å². The second kappa shape index (κ2) is 6.97. The van der Waals surface area contributed by atoms with Gasteiger partial charge in [-0.05, 0) is 48.4 Å². The van der Waals surface area contributed by atoms with Crippen molar-refractivity contribution in [1.82, 2.24) is 0 Å². The standard InChI is InChI=1S/C16H15BrN2O/c1-12-10-14(4-7-16(12)17)19-11-13-2-5-15(6-3-13)20-9-8-18/h2-7,10,19H,9,11H2,1H3. The number of aryl methyl sites for hydroxylation is 1. The topological polar surface area (TPSA) is 45.0 Å². The SMILES string of the molecule is Cc1cc(NCc2ccc(OCC#N)cc2)ccc1Br. The molecule has 0 bridgehead atoms. The lowest BCUT2D eigenvalue weighted by Crippen LogP contribution is -2.00. The summed E-state index contributed by atoms with van der Waals surface area (Å²) < 4.78 is 6.33. The van der Waals surface area contributed by atoms with Crippen LogP contribution in [0.5, 0.6) is 5.75 Å². The molecule has 2 aromatic rings. The Labute approximate surface area is 127 Å². The van der Waals surface area contributed by atoms with Crippen LogP contribution in [-0.4, -0.2) is 6.61 Å². The fourth-order valence-electron chi connectivity index (χ4n) is 1.78. The van der Waals surface area contributed by atoms with Gasteiger partial charge in [0.15, 0.2) is 6.61 Å². The van der Waals surface area contributed by atoms with Crippen LogP contribution < -0.4 is 10.1 Å². The molecule has 0 aliphatic heterocycles. The van der Waals surface area contributed by atoms with Crippen LogP contribution in [0.2, 0.25) is 0 Å². The Morgan fingerprint density at radius 2 is 1.95 bits per heavy atom. The molecule has 0 aromatic heterocycles. The summed E-state index contributed by atoms with van der Waals surface area (Å²) >= 11 is 3.49. The van der Waals surface area contributed by atoms with E-state index < -0.39 is 0 Å². The van der Waals surface area contributed by atoms with E-state index in [-0.39, 0.29) is 6.61 Å². The van der Waals surface area contributed by atoms with E-state index in [2.05, 4.69) is 34.2 Å². The summed E-state index contributed by atoms with van der Waals surface area (Å²) in [6.45, 7) is 2.89. The Morgan fingerprint density at radius 1 is 1.20 bits per heavy atom. The normalized spacial score (nSPS) is 9.85. The Balaban J connectivity index is 1.93. The fraction of sp³-hybridized carbons (Fsp3) is 0.188. The maximum absolute atomic E-state index is 8.45. The van der Waals surface area contributed by atoms with Crippen molar-refractivity contribution in [2.24, 2.45) is 0 Å². The van der Waals surface area contributed by atoms with Gasteiger partial charge in [0.25, 0.3) is 0 Å². The van der Waals surface area contributed by atoms with Gasteiger partial charge in [-0.2, -0.15) is 5.26 Å². The van der Waals surface area contributed by atoms with Crippen LogP contribution in [0.1, 0.15) is 11.1 Å². The van der Waals surface area contributed by atoms with Gasteiger partial charge in [-0.15, -0.1) is 0 Å². The highest BCUT2D eigenvalue weighted by Gasteiger charge is 1.99. The molecule has 0 radical (unpaired) electrons. The Hall–Kier alpha value is -1.99. The predicted octanol–water partition coefficient (Wildman–Crippen LogP) is 4.27. The van der Waals surface area contributed by atoms with Crippen molar-refractivity contribution in [3.63, 3.8) is 0 Å². The van der Waals surface area contributed by atoms with E-state index in [1.165, 1.54) is 5.56 Å². The minimum Gasteiger partial charge on any atom is -0.479 e. The van der Waals surface area contributed by atoms with Crippen molar-refractivity contribution < 1.29 is 4.74 Å². The first kappa shape index (κ1) is 14.4. The van der Waals surface area contributed by atoms with Crippen molar-refractivity contribution >= 4 is 21.6 Å². The smallest absolute Gasteiger partial charge is 0.174 e. The molecule has 0 atom stereocenters. The quantitative estimate of drug-likeness (QED) is 0.890. The van der Waals surface area contributed by atoms with E-state index in [0.717, 1.165) is 28.0 Å². The van der Waals surface area contributed by atoms with Gasteiger partial charge < -0.3 is 10.1 Å². The fourth-order valence-corrected chi connectivity index (χ4v) is 2.02. The minimum atomic E-state index is 0.0791. The first-order valence-electron chi connectivity index (χ1n) is 6.28. The van der Waals surface area contributed by atoms with Crippen molar-refractivity contribution in [3.8, 4) is 11.8 Å². The molecule has 102 valence electrons. The second-order valence-electron chi connectivity index (χ2n) is 4.41. The molecule has 20 heavy (non-hydrogen) atoms. The number of halogens is 1. The molecule has 3 nitrogen and oxygen atoms in total. The molecule has 0 saturated carbocycles. The number of nitriles is 1. The third-order valence-corrected chi connectivity index (χ3v) is 3.77. The summed E-state index contributed by atoms with van der Waals surface area (Å²) in [5.74, 6) is 0.717.